The molecule has 5 heteroatoms. The normalized spacial score (nSPS) is 18.8. The first-order valence-corrected chi connectivity index (χ1v) is 6.31. The monoisotopic (exact) mass is 252 g/mol. The van der Waals surface area contributed by atoms with Crippen molar-refractivity contribution in [3.63, 3.8) is 0 Å². The summed E-state index contributed by atoms with van der Waals surface area (Å²) in [6.07, 6.45) is 0. The molecule has 0 fully saturated rings. The van der Waals surface area contributed by atoms with Crippen molar-refractivity contribution in [2.45, 2.75) is 12.2 Å². The Balaban J connectivity index is 2.15. The molecule has 1 N–H and O–H groups in total. The molecule has 2 rings (SSSR count). The van der Waals surface area contributed by atoms with E-state index in [1.807, 2.05) is 18.2 Å². The summed E-state index contributed by atoms with van der Waals surface area (Å²) in [6.45, 7) is 3.03. The minimum atomic E-state index is 0.543. The van der Waals surface area contributed by atoms with Crippen molar-refractivity contribution in [3.8, 4) is 11.5 Å². The Bertz CT molecular complexity index is 435. The highest BCUT2D eigenvalue weighted by molar-refractivity contribution is 8.15. The van der Waals surface area contributed by atoms with E-state index in [2.05, 4.69) is 17.2 Å². The smallest absolute Gasteiger partial charge is 0.161 e. The summed E-state index contributed by atoms with van der Waals surface area (Å²) in [5, 5.41) is 4.76. The van der Waals surface area contributed by atoms with Gasteiger partial charge in [-0.3, -0.25) is 4.99 Å². The maximum atomic E-state index is 5.32. The van der Waals surface area contributed by atoms with E-state index in [0.29, 0.717) is 5.25 Å². The van der Waals surface area contributed by atoms with Gasteiger partial charge in [0.2, 0.25) is 0 Å². The van der Waals surface area contributed by atoms with Crippen LogP contribution in [0.5, 0.6) is 11.5 Å². The number of methoxy groups -OCH3 is 2. The van der Waals surface area contributed by atoms with Gasteiger partial charge in [-0.25, -0.2) is 0 Å². The van der Waals surface area contributed by atoms with Crippen LogP contribution in [0.2, 0.25) is 0 Å². The molecule has 1 aliphatic rings. The molecule has 1 aromatic rings. The van der Waals surface area contributed by atoms with Crippen molar-refractivity contribution in [2.24, 2.45) is 4.99 Å². The van der Waals surface area contributed by atoms with Crippen molar-refractivity contribution < 1.29 is 9.47 Å². The van der Waals surface area contributed by atoms with Crippen LogP contribution in [0.1, 0.15) is 6.92 Å². The molecule has 0 spiro atoms. The summed E-state index contributed by atoms with van der Waals surface area (Å²) in [6, 6.07) is 5.68. The second-order valence-corrected chi connectivity index (χ2v) is 5.19. The molecule has 1 unspecified atom stereocenters. The Kier molecular flexibility index (Phi) is 3.78. The van der Waals surface area contributed by atoms with E-state index in [0.717, 1.165) is 28.9 Å². The fourth-order valence-electron chi connectivity index (χ4n) is 1.56. The summed E-state index contributed by atoms with van der Waals surface area (Å²) < 4.78 is 10.5. The lowest BCUT2D eigenvalue weighted by atomic mass is 10.3. The molecule has 1 atom stereocenters. The van der Waals surface area contributed by atoms with E-state index in [1.165, 1.54) is 0 Å². The van der Waals surface area contributed by atoms with Gasteiger partial charge in [0.1, 0.15) is 11.5 Å². The van der Waals surface area contributed by atoms with E-state index < -0.39 is 0 Å². The SMILES string of the molecule is COc1ccc(NC2=NCC(C)S2)c(OC)c1. The van der Waals surface area contributed by atoms with Crippen LogP contribution in [0.25, 0.3) is 0 Å². The molecular weight excluding hydrogens is 236 g/mol. The Morgan fingerprint density at radius 3 is 2.76 bits per heavy atom. The molecule has 1 heterocycles. The second-order valence-electron chi connectivity index (χ2n) is 3.77. The van der Waals surface area contributed by atoms with Crippen molar-refractivity contribution in [2.75, 3.05) is 26.1 Å². The van der Waals surface area contributed by atoms with Crippen LogP contribution in [-0.4, -0.2) is 31.2 Å². The fourth-order valence-corrected chi connectivity index (χ4v) is 2.41. The summed E-state index contributed by atoms with van der Waals surface area (Å²) in [5.41, 5.74) is 0.911. The molecule has 1 aromatic carbocycles. The molecule has 0 saturated heterocycles. The number of ether oxygens (including phenoxy) is 2. The molecular formula is C12H16N2O2S. The zero-order valence-electron chi connectivity index (χ0n) is 10.2. The van der Waals surface area contributed by atoms with E-state index in [1.54, 1.807) is 26.0 Å². The summed E-state index contributed by atoms with van der Waals surface area (Å²) in [4.78, 5) is 4.41. The van der Waals surface area contributed by atoms with Gasteiger partial charge in [0.15, 0.2) is 5.17 Å². The van der Waals surface area contributed by atoms with Crippen molar-refractivity contribution in [1.29, 1.82) is 0 Å². The second kappa shape index (κ2) is 5.31. The first-order chi connectivity index (χ1) is 8.22. The van der Waals surface area contributed by atoms with Gasteiger partial charge in [-0.05, 0) is 12.1 Å². The lowest BCUT2D eigenvalue weighted by Gasteiger charge is -2.12. The average Bonchev–Trinajstić information content (AvgIpc) is 2.75. The highest BCUT2D eigenvalue weighted by Crippen LogP contribution is 2.31. The number of hydrogen-bond acceptors (Lipinski definition) is 5. The molecule has 0 aromatic heterocycles. The third-order valence-electron chi connectivity index (χ3n) is 2.46. The van der Waals surface area contributed by atoms with Gasteiger partial charge in [0.25, 0.3) is 0 Å². The van der Waals surface area contributed by atoms with E-state index in [9.17, 15) is 0 Å². The van der Waals surface area contributed by atoms with Crippen LogP contribution < -0.4 is 14.8 Å². The Hall–Kier alpha value is -1.36. The van der Waals surface area contributed by atoms with Crippen LogP contribution in [0, 0.1) is 0 Å². The molecule has 0 amide bonds. The standard InChI is InChI=1S/C12H16N2O2S/c1-8-7-13-12(17-8)14-10-5-4-9(15-2)6-11(10)16-3/h4-6,8H,7H2,1-3H3,(H,13,14). The molecule has 0 radical (unpaired) electrons. The molecule has 4 nitrogen and oxygen atoms in total. The van der Waals surface area contributed by atoms with Gasteiger partial charge in [0, 0.05) is 11.3 Å². The van der Waals surface area contributed by atoms with Crippen molar-refractivity contribution >= 4 is 22.6 Å². The minimum absolute atomic E-state index is 0.543. The molecule has 0 saturated carbocycles. The predicted molar refractivity (Wildman–Crippen MR) is 72.5 cm³/mol. The highest BCUT2D eigenvalue weighted by atomic mass is 32.2. The molecule has 0 bridgehead atoms. The third kappa shape index (κ3) is 2.85. The van der Waals surface area contributed by atoms with E-state index >= 15 is 0 Å². The largest absolute Gasteiger partial charge is 0.497 e. The summed E-state index contributed by atoms with van der Waals surface area (Å²) in [7, 11) is 3.28. The first kappa shape index (κ1) is 12.1. The topological polar surface area (TPSA) is 42.8 Å². The number of nitrogens with one attached hydrogen (secondary N) is 1. The number of nitrogens with zero attached hydrogens (tertiary/aromatic N) is 1. The van der Waals surface area contributed by atoms with Crippen LogP contribution in [0.3, 0.4) is 0 Å². The van der Waals surface area contributed by atoms with Gasteiger partial charge in [-0.2, -0.15) is 0 Å². The predicted octanol–water partition coefficient (Wildman–Crippen LogP) is 2.61. The van der Waals surface area contributed by atoms with Crippen molar-refractivity contribution in [1.82, 2.24) is 0 Å². The fraction of sp³-hybridized carbons (Fsp3) is 0.417. The van der Waals surface area contributed by atoms with Gasteiger partial charge in [0.05, 0.1) is 26.5 Å². The number of thioether (sulfide) groups is 1. The average molecular weight is 252 g/mol. The summed E-state index contributed by atoms with van der Waals surface area (Å²) in [5.74, 6) is 1.54. The van der Waals surface area contributed by atoms with Crippen LogP contribution >= 0.6 is 11.8 Å². The van der Waals surface area contributed by atoms with Gasteiger partial charge >= 0.3 is 0 Å². The van der Waals surface area contributed by atoms with Crippen LogP contribution in [0.4, 0.5) is 5.69 Å². The van der Waals surface area contributed by atoms with E-state index in [4.69, 9.17) is 9.47 Å². The lowest BCUT2D eigenvalue weighted by Crippen LogP contribution is -2.07. The number of hydrogen-bond donors (Lipinski definition) is 1. The molecule has 92 valence electrons. The number of rotatable bonds is 3. The summed E-state index contributed by atoms with van der Waals surface area (Å²) >= 11 is 1.74. The highest BCUT2D eigenvalue weighted by Gasteiger charge is 2.16. The van der Waals surface area contributed by atoms with Gasteiger partial charge in [-0.15, -0.1) is 0 Å². The number of anilines is 1. The maximum absolute atomic E-state index is 5.32. The Morgan fingerprint density at radius 1 is 1.35 bits per heavy atom. The Morgan fingerprint density at radius 2 is 2.18 bits per heavy atom. The quantitative estimate of drug-likeness (QED) is 0.898. The third-order valence-corrected chi connectivity index (χ3v) is 3.46. The first-order valence-electron chi connectivity index (χ1n) is 5.43. The zero-order valence-corrected chi connectivity index (χ0v) is 11.0. The molecule has 0 aliphatic carbocycles. The number of benzene rings is 1. The van der Waals surface area contributed by atoms with Crippen molar-refractivity contribution in [3.05, 3.63) is 18.2 Å². The number of aliphatic imine (C=N–C) groups is 1. The van der Waals surface area contributed by atoms with Gasteiger partial charge in [-0.1, -0.05) is 18.7 Å². The van der Waals surface area contributed by atoms with Gasteiger partial charge < -0.3 is 14.8 Å². The lowest BCUT2D eigenvalue weighted by molar-refractivity contribution is 0.395. The van der Waals surface area contributed by atoms with Crippen LogP contribution in [-0.2, 0) is 0 Å². The number of amidine groups is 1. The van der Waals surface area contributed by atoms with E-state index in [-0.39, 0.29) is 0 Å². The van der Waals surface area contributed by atoms with Crippen LogP contribution in [0.15, 0.2) is 23.2 Å². The Labute approximate surface area is 105 Å². The zero-order chi connectivity index (χ0) is 12.3. The molecule has 1 aliphatic heterocycles. The minimum Gasteiger partial charge on any atom is -0.497 e. The maximum Gasteiger partial charge on any atom is 0.161 e. The molecule has 17 heavy (non-hydrogen) atoms.